The van der Waals surface area contributed by atoms with Crippen LogP contribution in [0.1, 0.15) is 10.5 Å². The zero-order chi connectivity index (χ0) is 9.26. The van der Waals surface area contributed by atoms with Crippen LogP contribution in [-0.4, -0.2) is 24.0 Å². The van der Waals surface area contributed by atoms with Crippen LogP contribution in [0.25, 0.3) is 0 Å². The average molecular weight is 179 g/mol. The molecule has 1 aliphatic rings. The summed E-state index contributed by atoms with van der Waals surface area (Å²) in [5.74, 6) is -0.0977. The molecule has 0 fully saturated rings. The van der Waals surface area contributed by atoms with E-state index in [-0.39, 0.29) is 5.69 Å². The van der Waals surface area contributed by atoms with Gasteiger partial charge in [-0.25, -0.2) is 4.98 Å². The second kappa shape index (κ2) is 2.93. The third-order valence-electron chi connectivity index (χ3n) is 1.77. The van der Waals surface area contributed by atoms with Gasteiger partial charge < -0.3 is 15.8 Å². The molecule has 0 bridgehead atoms. The molecule has 0 spiro atoms. The van der Waals surface area contributed by atoms with E-state index in [9.17, 15) is 4.79 Å². The van der Waals surface area contributed by atoms with Crippen molar-refractivity contribution in [1.82, 2.24) is 4.98 Å². The van der Waals surface area contributed by atoms with Gasteiger partial charge in [-0.3, -0.25) is 4.79 Å². The molecule has 1 aliphatic heterocycles. The molecule has 0 aliphatic carbocycles. The Labute approximate surface area is 74.9 Å². The van der Waals surface area contributed by atoms with Crippen LogP contribution in [0.5, 0.6) is 5.88 Å². The number of ether oxygens (including phenoxy) is 1. The number of fused-ring (bicyclic) bond motifs is 1. The van der Waals surface area contributed by atoms with Gasteiger partial charge in [-0.1, -0.05) is 0 Å². The van der Waals surface area contributed by atoms with Crippen LogP contribution < -0.4 is 15.8 Å². The zero-order valence-corrected chi connectivity index (χ0v) is 6.91. The van der Waals surface area contributed by atoms with E-state index in [1.807, 2.05) is 0 Å². The van der Waals surface area contributed by atoms with Gasteiger partial charge in [0.1, 0.15) is 12.3 Å². The second-order valence-electron chi connectivity index (χ2n) is 2.69. The number of amides is 1. The van der Waals surface area contributed by atoms with Gasteiger partial charge >= 0.3 is 0 Å². The van der Waals surface area contributed by atoms with Crippen LogP contribution in [0, 0.1) is 0 Å². The predicted molar refractivity (Wildman–Crippen MR) is 46.7 cm³/mol. The van der Waals surface area contributed by atoms with Gasteiger partial charge in [0.15, 0.2) is 0 Å². The van der Waals surface area contributed by atoms with E-state index < -0.39 is 5.91 Å². The zero-order valence-electron chi connectivity index (χ0n) is 6.91. The normalized spacial score (nSPS) is 13.8. The largest absolute Gasteiger partial charge is 0.474 e. The van der Waals surface area contributed by atoms with Gasteiger partial charge in [0.05, 0.1) is 5.69 Å². The Morgan fingerprint density at radius 2 is 2.46 bits per heavy atom. The van der Waals surface area contributed by atoms with Crippen LogP contribution in [0.15, 0.2) is 12.1 Å². The molecule has 0 atom stereocenters. The van der Waals surface area contributed by atoms with E-state index in [4.69, 9.17) is 10.5 Å². The van der Waals surface area contributed by atoms with Crippen LogP contribution in [-0.2, 0) is 0 Å². The minimum atomic E-state index is -0.544. The quantitative estimate of drug-likeness (QED) is 0.635. The Bertz CT molecular complexity index is 351. The number of nitrogens with zero attached hydrogens (tertiary/aromatic N) is 1. The number of hydrogen-bond donors (Lipinski definition) is 2. The van der Waals surface area contributed by atoms with Crippen molar-refractivity contribution >= 4 is 11.6 Å². The third-order valence-corrected chi connectivity index (χ3v) is 1.77. The first kappa shape index (κ1) is 7.85. The number of rotatable bonds is 1. The summed E-state index contributed by atoms with van der Waals surface area (Å²) < 4.78 is 5.23. The smallest absolute Gasteiger partial charge is 0.267 e. The maximum atomic E-state index is 10.8. The van der Waals surface area contributed by atoms with Crippen molar-refractivity contribution in [2.45, 2.75) is 0 Å². The van der Waals surface area contributed by atoms with Crippen LogP contribution in [0.2, 0.25) is 0 Å². The van der Waals surface area contributed by atoms with E-state index in [2.05, 4.69) is 10.3 Å². The Kier molecular flexibility index (Phi) is 1.77. The summed E-state index contributed by atoms with van der Waals surface area (Å²) in [7, 11) is 0. The molecule has 0 aromatic carbocycles. The van der Waals surface area contributed by atoms with Gasteiger partial charge in [-0.2, -0.15) is 0 Å². The lowest BCUT2D eigenvalue weighted by Gasteiger charge is -2.17. The summed E-state index contributed by atoms with van der Waals surface area (Å²) in [5, 5.41) is 3.09. The molecular weight excluding hydrogens is 170 g/mol. The van der Waals surface area contributed by atoms with Crippen LogP contribution in [0.3, 0.4) is 0 Å². The lowest BCUT2D eigenvalue weighted by Crippen LogP contribution is -2.21. The molecule has 1 aromatic heterocycles. The molecule has 13 heavy (non-hydrogen) atoms. The molecule has 1 aromatic rings. The number of hydrogen-bond acceptors (Lipinski definition) is 4. The first-order chi connectivity index (χ1) is 6.27. The number of carbonyl (C=O) groups is 1. The molecule has 0 saturated heterocycles. The summed E-state index contributed by atoms with van der Waals surface area (Å²) in [5.41, 5.74) is 6.10. The predicted octanol–water partition coefficient (Wildman–Crippen LogP) is -0.0152. The molecule has 0 unspecified atom stereocenters. The topological polar surface area (TPSA) is 77.2 Å². The standard InChI is InChI=1S/C8H9N3O2/c9-7(12)5-1-2-6-8(11-5)13-4-3-10-6/h1-2,10H,3-4H2,(H2,9,12). The highest BCUT2D eigenvalue weighted by atomic mass is 16.5. The Morgan fingerprint density at radius 1 is 1.62 bits per heavy atom. The minimum absolute atomic E-state index is 0.224. The molecule has 68 valence electrons. The molecule has 2 rings (SSSR count). The fourth-order valence-corrected chi connectivity index (χ4v) is 1.16. The van der Waals surface area contributed by atoms with Crippen LogP contribution >= 0.6 is 0 Å². The highest BCUT2D eigenvalue weighted by Crippen LogP contribution is 2.24. The number of anilines is 1. The number of nitrogens with two attached hydrogens (primary N) is 1. The van der Waals surface area contributed by atoms with E-state index >= 15 is 0 Å². The van der Waals surface area contributed by atoms with Crippen molar-refractivity contribution < 1.29 is 9.53 Å². The lowest BCUT2D eigenvalue weighted by molar-refractivity contribution is 0.0994. The van der Waals surface area contributed by atoms with Gasteiger partial charge in [0.25, 0.3) is 5.91 Å². The molecule has 2 heterocycles. The number of carbonyl (C=O) groups excluding carboxylic acids is 1. The Balaban J connectivity index is 2.40. The Hall–Kier alpha value is -1.78. The molecule has 0 radical (unpaired) electrons. The van der Waals surface area contributed by atoms with Crippen molar-refractivity contribution in [3.8, 4) is 5.88 Å². The Morgan fingerprint density at radius 3 is 3.23 bits per heavy atom. The monoisotopic (exact) mass is 179 g/mol. The maximum Gasteiger partial charge on any atom is 0.267 e. The summed E-state index contributed by atoms with van der Waals surface area (Å²) in [6.45, 7) is 1.31. The van der Waals surface area contributed by atoms with Crippen molar-refractivity contribution in [3.05, 3.63) is 17.8 Å². The van der Waals surface area contributed by atoms with E-state index in [0.717, 1.165) is 12.2 Å². The number of primary amides is 1. The first-order valence-electron chi connectivity index (χ1n) is 3.95. The molecular formula is C8H9N3O2. The van der Waals surface area contributed by atoms with Gasteiger partial charge in [0, 0.05) is 6.54 Å². The SMILES string of the molecule is NC(=O)c1ccc2c(n1)OCCN2. The summed E-state index contributed by atoms with van der Waals surface area (Å²) >= 11 is 0. The molecule has 3 N–H and O–H groups in total. The molecule has 0 saturated carbocycles. The molecule has 1 amide bonds. The van der Waals surface area contributed by atoms with Crippen molar-refractivity contribution in [1.29, 1.82) is 0 Å². The van der Waals surface area contributed by atoms with E-state index in [1.54, 1.807) is 12.1 Å². The molecule has 5 nitrogen and oxygen atoms in total. The van der Waals surface area contributed by atoms with Crippen molar-refractivity contribution in [2.75, 3.05) is 18.5 Å². The van der Waals surface area contributed by atoms with E-state index in [0.29, 0.717) is 12.5 Å². The number of nitrogens with one attached hydrogen (secondary N) is 1. The maximum absolute atomic E-state index is 10.8. The lowest BCUT2D eigenvalue weighted by atomic mass is 10.3. The van der Waals surface area contributed by atoms with Crippen molar-refractivity contribution in [2.24, 2.45) is 5.73 Å². The number of aromatic nitrogens is 1. The second-order valence-corrected chi connectivity index (χ2v) is 2.69. The average Bonchev–Trinajstić information content (AvgIpc) is 2.17. The first-order valence-corrected chi connectivity index (χ1v) is 3.95. The summed E-state index contributed by atoms with van der Waals surface area (Å²) in [6, 6.07) is 3.31. The van der Waals surface area contributed by atoms with Crippen molar-refractivity contribution in [3.63, 3.8) is 0 Å². The highest BCUT2D eigenvalue weighted by molar-refractivity contribution is 5.91. The molecule has 5 heteroatoms. The number of pyridine rings is 1. The summed E-state index contributed by atoms with van der Waals surface area (Å²) in [6.07, 6.45) is 0. The summed E-state index contributed by atoms with van der Waals surface area (Å²) in [4.78, 5) is 14.7. The van der Waals surface area contributed by atoms with Gasteiger partial charge in [0.2, 0.25) is 5.88 Å². The van der Waals surface area contributed by atoms with E-state index in [1.165, 1.54) is 0 Å². The fourth-order valence-electron chi connectivity index (χ4n) is 1.16. The van der Waals surface area contributed by atoms with Gasteiger partial charge in [-0.15, -0.1) is 0 Å². The van der Waals surface area contributed by atoms with Gasteiger partial charge in [-0.05, 0) is 12.1 Å². The third kappa shape index (κ3) is 1.40. The van der Waals surface area contributed by atoms with Crippen LogP contribution in [0.4, 0.5) is 5.69 Å². The fraction of sp³-hybridized carbons (Fsp3) is 0.250. The highest BCUT2D eigenvalue weighted by Gasteiger charge is 2.13. The minimum Gasteiger partial charge on any atom is -0.474 e.